The van der Waals surface area contributed by atoms with Gasteiger partial charge in [-0.05, 0) is 67.8 Å². The van der Waals surface area contributed by atoms with Crippen LogP contribution in [-0.4, -0.2) is 32.8 Å². The summed E-state index contributed by atoms with van der Waals surface area (Å²) in [7, 11) is -1.94. The second-order valence-electron chi connectivity index (χ2n) is 6.59. The third kappa shape index (κ3) is 5.08. The summed E-state index contributed by atoms with van der Waals surface area (Å²) in [6.45, 7) is 6.59. The Bertz CT molecular complexity index is 854. The maximum Gasteiger partial charge on any atom is 0.261 e. The van der Waals surface area contributed by atoms with Gasteiger partial charge in [-0.25, -0.2) is 8.42 Å². The molecule has 0 saturated heterocycles. The Labute approximate surface area is 156 Å². The Kier molecular flexibility index (Phi) is 6.42. The molecule has 0 saturated carbocycles. The number of benzene rings is 2. The van der Waals surface area contributed by atoms with Crippen LogP contribution in [0.1, 0.15) is 41.3 Å². The number of nitrogens with zero attached hydrogens (tertiary/aromatic N) is 1. The van der Waals surface area contributed by atoms with E-state index >= 15 is 0 Å². The SMILES string of the molecule is CCCCN(C)C(=O)c1ccc(S(=O)(=O)Nc2cc(C)cc(C)c2)cc1. The van der Waals surface area contributed by atoms with Crippen molar-refractivity contribution in [1.29, 1.82) is 0 Å². The number of sulfonamides is 1. The minimum absolute atomic E-state index is 0.107. The zero-order valence-electron chi connectivity index (χ0n) is 15.7. The van der Waals surface area contributed by atoms with Crippen molar-refractivity contribution in [2.45, 2.75) is 38.5 Å². The van der Waals surface area contributed by atoms with Gasteiger partial charge in [0.15, 0.2) is 0 Å². The zero-order chi connectivity index (χ0) is 19.3. The topological polar surface area (TPSA) is 66.5 Å². The molecule has 1 N–H and O–H groups in total. The number of anilines is 1. The average Bonchev–Trinajstić information content (AvgIpc) is 2.57. The van der Waals surface area contributed by atoms with Gasteiger partial charge in [0.1, 0.15) is 0 Å². The molecule has 0 heterocycles. The van der Waals surface area contributed by atoms with E-state index in [1.165, 1.54) is 12.1 Å². The maximum atomic E-state index is 12.6. The first kappa shape index (κ1) is 20.0. The van der Waals surface area contributed by atoms with Gasteiger partial charge < -0.3 is 4.90 Å². The van der Waals surface area contributed by atoms with E-state index in [1.54, 1.807) is 36.2 Å². The molecule has 0 spiro atoms. The van der Waals surface area contributed by atoms with Gasteiger partial charge in [-0.2, -0.15) is 0 Å². The van der Waals surface area contributed by atoms with E-state index in [0.29, 0.717) is 17.8 Å². The van der Waals surface area contributed by atoms with Gasteiger partial charge in [-0.15, -0.1) is 0 Å². The van der Waals surface area contributed by atoms with Crippen molar-refractivity contribution in [3.63, 3.8) is 0 Å². The van der Waals surface area contributed by atoms with Crippen LogP contribution in [0.25, 0.3) is 0 Å². The number of aryl methyl sites for hydroxylation is 2. The molecule has 0 aliphatic carbocycles. The van der Waals surface area contributed by atoms with Gasteiger partial charge in [0, 0.05) is 24.8 Å². The predicted molar refractivity (Wildman–Crippen MR) is 105 cm³/mol. The smallest absolute Gasteiger partial charge is 0.261 e. The second-order valence-corrected chi connectivity index (χ2v) is 8.27. The molecule has 0 unspecified atom stereocenters. The Morgan fingerprint density at radius 2 is 1.62 bits per heavy atom. The Morgan fingerprint density at radius 3 is 2.15 bits per heavy atom. The van der Waals surface area contributed by atoms with Crippen LogP contribution in [0.3, 0.4) is 0 Å². The van der Waals surface area contributed by atoms with Crippen LogP contribution in [0.5, 0.6) is 0 Å². The Balaban J connectivity index is 2.17. The van der Waals surface area contributed by atoms with E-state index < -0.39 is 10.0 Å². The second kappa shape index (κ2) is 8.36. The van der Waals surface area contributed by atoms with E-state index in [2.05, 4.69) is 11.6 Å². The van der Waals surface area contributed by atoms with Crippen LogP contribution in [0.2, 0.25) is 0 Å². The van der Waals surface area contributed by atoms with Crippen molar-refractivity contribution in [2.24, 2.45) is 0 Å². The lowest BCUT2D eigenvalue weighted by molar-refractivity contribution is 0.0793. The minimum Gasteiger partial charge on any atom is -0.342 e. The first-order valence-electron chi connectivity index (χ1n) is 8.69. The van der Waals surface area contributed by atoms with Crippen LogP contribution in [0.4, 0.5) is 5.69 Å². The standard InChI is InChI=1S/C20H26N2O3S/c1-5-6-11-22(4)20(23)17-7-9-19(10-8-17)26(24,25)21-18-13-15(2)12-16(3)14-18/h7-10,12-14,21H,5-6,11H2,1-4H3. The van der Waals surface area contributed by atoms with E-state index in [9.17, 15) is 13.2 Å². The van der Waals surface area contributed by atoms with Gasteiger partial charge in [-0.1, -0.05) is 19.4 Å². The summed E-state index contributed by atoms with van der Waals surface area (Å²) < 4.78 is 27.7. The lowest BCUT2D eigenvalue weighted by atomic mass is 10.1. The molecule has 5 nitrogen and oxygen atoms in total. The summed E-state index contributed by atoms with van der Waals surface area (Å²) in [6.07, 6.45) is 1.95. The summed E-state index contributed by atoms with van der Waals surface area (Å²) in [4.78, 5) is 14.1. The average molecular weight is 375 g/mol. The van der Waals surface area contributed by atoms with Crippen LogP contribution in [0, 0.1) is 13.8 Å². The van der Waals surface area contributed by atoms with Crippen LogP contribution in [-0.2, 0) is 10.0 Å². The lowest BCUT2D eigenvalue weighted by Gasteiger charge is -2.17. The number of carbonyl (C=O) groups is 1. The Morgan fingerprint density at radius 1 is 1.04 bits per heavy atom. The van der Waals surface area contributed by atoms with Crippen molar-refractivity contribution in [3.8, 4) is 0 Å². The van der Waals surface area contributed by atoms with Crippen molar-refractivity contribution in [1.82, 2.24) is 4.90 Å². The molecule has 0 aliphatic heterocycles. The lowest BCUT2D eigenvalue weighted by Crippen LogP contribution is -2.27. The zero-order valence-corrected chi connectivity index (χ0v) is 16.6. The fourth-order valence-corrected chi connectivity index (χ4v) is 3.78. The molecule has 2 rings (SSSR count). The van der Waals surface area contributed by atoms with Crippen LogP contribution < -0.4 is 4.72 Å². The number of amides is 1. The summed E-state index contributed by atoms with van der Waals surface area (Å²) >= 11 is 0. The molecular formula is C20H26N2O3S. The van der Waals surface area contributed by atoms with Crippen LogP contribution >= 0.6 is 0 Å². The molecule has 0 radical (unpaired) electrons. The fourth-order valence-electron chi connectivity index (χ4n) is 2.74. The van der Waals surface area contributed by atoms with Crippen LogP contribution in [0.15, 0.2) is 47.4 Å². The number of hydrogen-bond acceptors (Lipinski definition) is 3. The first-order chi connectivity index (χ1) is 12.2. The first-order valence-corrected chi connectivity index (χ1v) is 10.2. The quantitative estimate of drug-likeness (QED) is 0.797. The van der Waals surface area contributed by atoms with Gasteiger partial charge in [0.2, 0.25) is 0 Å². The summed E-state index contributed by atoms with van der Waals surface area (Å²) in [6, 6.07) is 11.6. The molecule has 0 aromatic heterocycles. The van der Waals surface area contributed by atoms with Gasteiger partial charge >= 0.3 is 0 Å². The number of hydrogen-bond donors (Lipinski definition) is 1. The van der Waals surface area contributed by atoms with E-state index in [4.69, 9.17) is 0 Å². The summed E-state index contributed by atoms with van der Waals surface area (Å²) in [5.41, 5.74) is 2.98. The molecule has 0 atom stereocenters. The summed E-state index contributed by atoms with van der Waals surface area (Å²) in [5, 5.41) is 0. The number of rotatable bonds is 7. The van der Waals surface area contributed by atoms with E-state index in [1.807, 2.05) is 19.9 Å². The molecule has 2 aromatic rings. The van der Waals surface area contributed by atoms with Crippen molar-refractivity contribution in [2.75, 3.05) is 18.3 Å². The van der Waals surface area contributed by atoms with Crippen molar-refractivity contribution in [3.05, 3.63) is 59.2 Å². The highest BCUT2D eigenvalue weighted by molar-refractivity contribution is 7.92. The molecule has 6 heteroatoms. The largest absolute Gasteiger partial charge is 0.342 e. The molecule has 0 aliphatic rings. The summed E-state index contributed by atoms with van der Waals surface area (Å²) in [5.74, 6) is -0.107. The van der Waals surface area contributed by atoms with Gasteiger partial charge in [-0.3, -0.25) is 9.52 Å². The maximum absolute atomic E-state index is 12.6. The molecule has 1 amide bonds. The van der Waals surface area contributed by atoms with Crippen molar-refractivity contribution < 1.29 is 13.2 Å². The Hall–Kier alpha value is -2.34. The highest BCUT2D eigenvalue weighted by Crippen LogP contribution is 2.19. The fraction of sp³-hybridized carbons (Fsp3) is 0.350. The molecular weight excluding hydrogens is 348 g/mol. The van der Waals surface area contributed by atoms with Gasteiger partial charge in [0.25, 0.3) is 15.9 Å². The third-order valence-corrected chi connectivity index (χ3v) is 5.48. The normalized spacial score (nSPS) is 11.2. The minimum atomic E-state index is -3.70. The highest BCUT2D eigenvalue weighted by atomic mass is 32.2. The number of unbranched alkanes of at least 4 members (excludes halogenated alkanes) is 1. The predicted octanol–water partition coefficient (Wildman–Crippen LogP) is 3.98. The highest BCUT2D eigenvalue weighted by Gasteiger charge is 2.17. The molecule has 2 aromatic carbocycles. The van der Waals surface area contributed by atoms with Crippen molar-refractivity contribution >= 4 is 21.6 Å². The number of nitrogens with one attached hydrogen (secondary N) is 1. The molecule has 140 valence electrons. The molecule has 26 heavy (non-hydrogen) atoms. The third-order valence-electron chi connectivity index (χ3n) is 4.08. The van der Waals surface area contributed by atoms with E-state index in [0.717, 1.165) is 24.0 Å². The van der Waals surface area contributed by atoms with E-state index in [-0.39, 0.29) is 10.8 Å². The number of carbonyl (C=O) groups excluding carboxylic acids is 1. The monoisotopic (exact) mass is 374 g/mol. The molecule has 0 bridgehead atoms. The molecule has 0 fully saturated rings. The van der Waals surface area contributed by atoms with Gasteiger partial charge in [0.05, 0.1) is 4.90 Å².